The number of hydrogen-bond acceptors (Lipinski definition) is 2. The third kappa shape index (κ3) is 3.48. The number of rotatable bonds is 6. The lowest BCUT2D eigenvalue weighted by Gasteiger charge is -2.29. The highest BCUT2D eigenvalue weighted by atomic mass is 16.1. The Morgan fingerprint density at radius 3 is 2.31 bits per heavy atom. The minimum Gasteiger partial charge on any atom is -0.349 e. The molecule has 0 aromatic carbocycles. The highest BCUT2D eigenvalue weighted by Crippen LogP contribution is 2.29. The molecular formula is C13H26N2O. The molecule has 0 spiro atoms. The van der Waals surface area contributed by atoms with Crippen molar-refractivity contribution >= 4 is 5.91 Å². The van der Waals surface area contributed by atoms with Gasteiger partial charge in [-0.25, -0.2) is 0 Å². The van der Waals surface area contributed by atoms with Crippen molar-refractivity contribution in [2.24, 2.45) is 11.7 Å². The Bertz CT molecular complexity index is 218. The largest absolute Gasteiger partial charge is 0.349 e. The van der Waals surface area contributed by atoms with E-state index < -0.39 is 0 Å². The van der Waals surface area contributed by atoms with Gasteiger partial charge in [-0.15, -0.1) is 0 Å². The van der Waals surface area contributed by atoms with E-state index in [2.05, 4.69) is 19.2 Å². The lowest BCUT2D eigenvalue weighted by Crippen LogP contribution is -2.51. The fourth-order valence-electron chi connectivity index (χ4n) is 2.62. The van der Waals surface area contributed by atoms with Crippen molar-refractivity contribution in [3.8, 4) is 0 Å². The van der Waals surface area contributed by atoms with Crippen LogP contribution in [-0.4, -0.2) is 18.0 Å². The van der Waals surface area contributed by atoms with Crippen LogP contribution in [-0.2, 0) is 4.79 Å². The van der Waals surface area contributed by atoms with E-state index in [1.807, 2.05) is 0 Å². The van der Waals surface area contributed by atoms with Crippen molar-refractivity contribution in [2.75, 3.05) is 6.54 Å². The maximum absolute atomic E-state index is 11.9. The van der Waals surface area contributed by atoms with Gasteiger partial charge < -0.3 is 11.1 Å². The molecule has 0 radical (unpaired) electrons. The summed E-state index contributed by atoms with van der Waals surface area (Å²) < 4.78 is 0. The van der Waals surface area contributed by atoms with Crippen LogP contribution in [0.25, 0.3) is 0 Å². The molecule has 16 heavy (non-hydrogen) atoms. The van der Waals surface area contributed by atoms with Gasteiger partial charge in [0.15, 0.2) is 0 Å². The van der Waals surface area contributed by atoms with Crippen molar-refractivity contribution in [3.05, 3.63) is 0 Å². The molecule has 0 aromatic rings. The van der Waals surface area contributed by atoms with Gasteiger partial charge in [-0.1, -0.05) is 39.5 Å². The Labute approximate surface area is 99.2 Å². The summed E-state index contributed by atoms with van der Waals surface area (Å²) in [6.07, 6.45) is 7.33. The summed E-state index contributed by atoms with van der Waals surface area (Å²) in [6.45, 7) is 4.88. The zero-order valence-corrected chi connectivity index (χ0v) is 10.7. The lowest BCUT2D eigenvalue weighted by molar-refractivity contribution is -0.123. The number of nitrogens with one attached hydrogen (secondary N) is 1. The summed E-state index contributed by atoms with van der Waals surface area (Å²) >= 11 is 0. The minimum atomic E-state index is -0.0802. The molecule has 0 aliphatic heterocycles. The van der Waals surface area contributed by atoms with Gasteiger partial charge in [0.05, 0.1) is 5.54 Å². The molecule has 0 unspecified atom stereocenters. The van der Waals surface area contributed by atoms with Gasteiger partial charge in [0.1, 0.15) is 0 Å². The van der Waals surface area contributed by atoms with E-state index in [1.165, 1.54) is 12.8 Å². The normalized spacial score (nSPS) is 19.0. The van der Waals surface area contributed by atoms with Gasteiger partial charge in [-0.3, -0.25) is 4.79 Å². The van der Waals surface area contributed by atoms with Crippen LogP contribution >= 0.6 is 0 Å². The van der Waals surface area contributed by atoms with Gasteiger partial charge in [-0.05, 0) is 18.8 Å². The Hall–Kier alpha value is -0.570. The first-order valence-corrected chi connectivity index (χ1v) is 6.67. The van der Waals surface area contributed by atoms with Crippen LogP contribution in [0.1, 0.15) is 58.8 Å². The lowest BCUT2D eigenvalue weighted by atomic mass is 9.95. The minimum absolute atomic E-state index is 0.0802. The quantitative estimate of drug-likeness (QED) is 0.729. The van der Waals surface area contributed by atoms with Crippen molar-refractivity contribution in [3.63, 3.8) is 0 Å². The molecule has 3 heteroatoms. The molecule has 3 N–H and O–H groups in total. The van der Waals surface area contributed by atoms with E-state index in [4.69, 9.17) is 5.73 Å². The SMILES string of the molecule is CCC(CC)CC(=O)NC1(CN)CCCC1. The molecule has 1 amide bonds. The first-order valence-electron chi connectivity index (χ1n) is 6.67. The predicted octanol–water partition coefficient (Wildman–Crippen LogP) is 2.20. The fraction of sp³-hybridized carbons (Fsp3) is 0.923. The standard InChI is InChI=1S/C13H26N2O/c1-3-11(4-2)9-12(16)15-13(10-14)7-5-6-8-13/h11H,3-10,14H2,1-2H3,(H,15,16). The van der Waals surface area contributed by atoms with Crippen LogP contribution in [0.4, 0.5) is 0 Å². The van der Waals surface area contributed by atoms with E-state index >= 15 is 0 Å². The molecule has 0 aromatic heterocycles. The maximum Gasteiger partial charge on any atom is 0.220 e. The van der Waals surface area contributed by atoms with E-state index in [0.29, 0.717) is 18.9 Å². The number of amides is 1. The second-order valence-electron chi connectivity index (χ2n) is 5.13. The third-order valence-corrected chi connectivity index (χ3v) is 3.98. The highest BCUT2D eigenvalue weighted by molar-refractivity contribution is 5.77. The average molecular weight is 226 g/mol. The molecule has 1 rings (SSSR count). The fourth-order valence-corrected chi connectivity index (χ4v) is 2.62. The highest BCUT2D eigenvalue weighted by Gasteiger charge is 2.33. The summed E-state index contributed by atoms with van der Waals surface area (Å²) in [5.41, 5.74) is 5.72. The monoisotopic (exact) mass is 226 g/mol. The van der Waals surface area contributed by atoms with E-state index in [0.717, 1.165) is 25.7 Å². The molecule has 0 atom stereocenters. The first kappa shape index (κ1) is 13.5. The summed E-state index contributed by atoms with van der Waals surface area (Å²) in [4.78, 5) is 11.9. The van der Waals surface area contributed by atoms with Crippen LogP contribution in [0.15, 0.2) is 0 Å². The molecule has 1 fully saturated rings. The molecule has 1 aliphatic carbocycles. The Morgan fingerprint density at radius 1 is 1.31 bits per heavy atom. The van der Waals surface area contributed by atoms with Gasteiger partial charge in [0, 0.05) is 13.0 Å². The zero-order valence-electron chi connectivity index (χ0n) is 10.7. The number of carbonyl (C=O) groups excluding carboxylic acids is 1. The van der Waals surface area contributed by atoms with Gasteiger partial charge in [-0.2, -0.15) is 0 Å². The van der Waals surface area contributed by atoms with Crippen LogP contribution in [0.2, 0.25) is 0 Å². The Morgan fingerprint density at radius 2 is 1.88 bits per heavy atom. The van der Waals surface area contributed by atoms with E-state index in [9.17, 15) is 4.79 Å². The third-order valence-electron chi connectivity index (χ3n) is 3.98. The average Bonchev–Trinajstić information content (AvgIpc) is 2.75. The molecule has 0 heterocycles. The zero-order chi connectivity index (χ0) is 12.0. The van der Waals surface area contributed by atoms with Crippen LogP contribution in [0, 0.1) is 5.92 Å². The van der Waals surface area contributed by atoms with Crippen molar-refractivity contribution in [1.82, 2.24) is 5.32 Å². The molecule has 1 aliphatic rings. The van der Waals surface area contributed by atoms with Gasteiger partial charge in [0.2, 0.25) is 5.91 Å². The summed E-state index contributed by atoms with van der Waals surface area (Å²) in [5.74, 6) is 0.720. The predicted molar refractivity (Wildman–Crippen MR) is 67.1 cm³/mol. The molecule has 0 bridgehead atoms. The van der Waals surface area contributed by atoms with Crippen LogP contribution < -0.4 is 11.1 Å². The molecule has 94 valence electrons. The topological polar surface area (TPSA) is 55.1 Å². The molecule has 0 saturated heterocycles. The van der Waals surface area contributed by atoms with Crippen molar-refractivity contribution < 1.29 is 4.79 Å². The summed E-state index contributed by atoms with van der Waals surface area (Å²) in [7, 11) is 0. The number of hydrogen-bond donors (Lipinski definition) is 2. The van der Waals surface area contributed by atoms with Crippen LogP contribution in [0.5, 0.6) is 0 Å². The Kier molecular flexibility index (Phi) is 5.26. The smallest absolute Gasteiger partial charge is 0.220 e. The summed E-state index contributed by atoms with van der Waals surface area (Å²) in [5, 5.41) is 3.18. The second kappa shape index (κ2) is 6.24. The molecular weight excluding hydrogens is 200 g/mol. The first-order chi connectivity index (χ1) is 7.65. The van der Waals surface area contributed by atoms with Crippen LogP contribution in [0.3, 0.4) is 0 Å². The maximum atomic E-state index is 11.9. The van der Waals surface area contributed by atoms with Gasteiger partial charge in [0.25, 0.3) is 0 Å². The van der Waals surface area contributed by atoms with E-state index in [-0.39, 0.29) is 11.4 Å². The summed E-state index contributed by atoms with van der Waals surface area (Å²) in [6, 6.07) is 0. The van der Waals surface area contributed by atoms with Crippen molar-refractivity contribution in [1.29, 1.82) is 0 Å². The van der Waals surface area contributed by atoms with E-state index in [1.54, 1.807) is 0 Å². The van der Waals surface area contributed by atoms with Crippen molar-refractivity contribution in [2.45, 2.75) is 64.3 Å². The molecule has 3 nitrogen and oxygen atoms in total. The number of carbonyl (C=O) groups is 1. The Balaban J connectivity index is 2.43. The molecule has 1 saturated carbocycles. The van der Waals surface area contributed by atoms with Gasteiger partial charge >= 0.3 is 0 Å². The second-order valence-corrected chi connectivity index (χ2v) is 5.13. The number of nitrogens with two attached hydrogens (primary N) is 1.